The molecule has 0 bridgehead atoms. The van der Waals surface area contributed by atoms with Crippen molar-refractivity contribution in [2.24, 2.45) is 0 Å². The van der Waals surface area contributed by atoms with Crippen LogP contribution < -0.4 is 0 Å². The first-order valence-corrected chi connectivity index (χ1v) is 6.10. The highest BCUT2D eigenvalue weighted by atomic mass is 32.1. The summed E-state index contributed by atoms with van der Waals surface area (Å²) in [5.41, 5.74) is 1.09. The lowest BCUT2D eigenvalue weighted by molar-refractivity contribution is 0.182. The van der Waals surface area contributed by atoms with E-state index >= 15 is 0 Å². The van der Waals surface area contributed by atoms with Crippen LogP contribution >= 0.6 is 11.3 Å². The molecule has 0 aliphatic carbocycles. The normalized spacial score (nSPS) is 13.2. The van der Waals surface area contributed by atoms with Crippen LogP contribution in [0.3, 0.4) is 0 Å². The second-order valence-electron chi connectivity index (χ2n) is 3.82. The molecule has 1 N–H and O–H groups in total. The molecule has 0 saturated carbocycles. The van der Waals surface area contributed by atoms with Crippen molar-refractivity contribution in [2.45, 2.75) is 32.3 Å². The van der Waals surface area contributed by atoms with Crippen LogP contribution in [0.15, 0.2) is 24.3 Å². The molecular weight excluding hydrogens is 206 g/mol. The van der Waals surface area contributed by atoms with Gasteiger partial charge in [0.25, 0.3) is 0 Å². The molecule has 1 heterocycles. The molecular formula is C12H15NOS. The Labute approximate surface area is 93.6 Å². The molecule has 80 valence electrons. The monoisotopic (exact) mass is 221 g/mol. The third kappa shape index (κ3) is 2.76. The summed E-state index contributed by atoms with van der Waals surface area (Å²) >= 11 is 1.76. The van der Waals surface area contributed by atoms with Gasteiger partial charge in [0, 0.05) is 0 Å². The van der Waals surface area contributed by atoms with Gasteiger partial charge in [-0.2, -0.15) is 0 Å². The number of aliphatic hydroxyl groups excluding tert-OH is 1. The number of para-hydroxylation sites is 1. The molecule has 0 spiro atoms. The van der Waals surface area contributed by atoms with E-state index < -0.39 is 0 Å². The molecule has 3 heteroatoms. The maximum atomic E-state index is 9.15. The van der Waals surface area contributed by atoms with Crippen molar-refractivity contribution in [3.63, 3.8) is 0 Å². The van der Waals surface area contributed by atoms with Gasteiger partial charge in [-0.1, -0.05) is 12.1 Å². The van der Waals surface area contributed by atoms with E-state index in [-0.39, 0.29) is 6.10 Å². The van der Waals surface area contributed by atoms with Gasteiger partial charge in [-0.05, 0) is 38.3 Å². The van der Waals surface area contributed by atoms with Crippen molar-refractivity contribution in [2.75, 3.05) is 0 Å². The number of benzene rings is 1. The van der Waals surface area contributed by atoms with Crippen LogP contribution in [-0.4, -0.2) is 16.2 Å². The van der Waals surface area contributed by atoms with Gasteiger partial charge in [-0.15, -0.1) is 11.3 Å². The van der Waals surface area contributed by atoms with Crippen LogP contribution in [-0.2, 0) is 6.42 Å². The predicted molar refractivity (Wildman–Crippen MR) is 64.2 cm³/mol. The molecule has 15 heavy (non-hydrogen) atoms. The molecule has 0 aliphatic rings. The second-order valence-corrected chi connectivity index (χ2v) is 4.93. The van der Waals surface area contributed by atoms with Crippen LogP contribution in [0.5, 0.6) is 0 Å². The van der Waals surface area contributed by atoms with E-state index in [1.807, 2.05) is 25.1 Å². The number of rotatable bonds is 4. The Balaban J connectivity index is 2.03. The van der Waals surface area contributed by atoms with Crippen LogP contribution in [0.2, 0.25) is 0 Å². The highest BCUT2D eigenvalue weighted by Crippen LogP contribution is 2.22. The average Bonchev–Trinajstić information content (AvgIpc) is 2.59. The summed E-state index contributed by atoms with van der Waals surface area (Å²) in [6.45, 7) is 1.83. The quantitative estimate of drug-likeness (QED) is 0.861. The smallest absolute Gasteiger partial charge is 0.0938 e. The molecule has 0 fully saturated rings. The highest BCUT2D eigenvalue weighted by Gasteiger charge is 2.03. The topological polar surface area (TPSA) is 33.1 Å². The zero-order valence-corrected chi connectivity index (χ0v) is 9.63. The first-order valence-electron chi connectivity index (χ1n) is 5.28. The third-order valence-corrected chi connectivity index (χ3v) is 3.45. The summed E-state index contributed by atoms with van der Waals surface area (Å²) in [6, 6.07) is 8.21. The molecule has 2 nitrogen and oxygen atoms in total. The number of aliphatic hydroxyl groups is 1. The Morgan fingerprint density at radius 1 is 1.40 bits per heavy atom. The minimum Gasteiger partial charge on any atom is -0.393 e. The Morgan fingerprint density at radius 3 is 2.93 bits per heavy atom. The minimum atomic E-state index is -0.195. The van der Waals surface area contributed by atoms with E-state index in [4.69, 9.17) is 5.11 Å². The minimum absolute atomic E-state index is 0.195. The standard InChI is InChI=1S/C12H15NOS/c1-9(14)5-4-8-12-13-10-6-2-3-7-11(10)15-12/h2-3,6-7,9,14H,4-5,8H2,1H3. The molecule has 1 aromatic heterocycles. The maximum absolute atomic E-state index is 9.15. The fourth-order valence-corrected chi connectivity index (χ4v) is 2.58. The molecule has 0 saturated heterocycles. The lowest BCUT2D eigenvalue weighted by Crippen LogP contribution is -1.99. The summed E-state index contributed by atoms with van der Waals surface area (Å²) in [6.07, 6.45) is 2.65. The van der Waals surface area contributed by atoms with Gasteiger partial charge in [0.15, 0.2) is 0 Å². The Morgan fingerprint density at radius 2 is 2.20 bits per heavy atom. The van der Waals surface area contributed by atoms with E-state index in [1.165, 1.54) is 9.71 Å². The van der Waals surface area contributed by atoms with E-state index in [9.17, 15) is 0 Å². The zero-order chi connectivity index (χ0) is 10.7. The molecule has 0 radical (unpaired) electrons. The van der Waals surface area contributed by atoms with Crippen molar-refractivity contribution >= 4 is 21.6 Å². The van der Waals surface area contributed by atoms with Gasteiger partial charge in [0.05, 0.1) is 21.3 Å². The summed E-state index contributed by atoms with van der Waals surface area (Å²) < 4.78 is 1.25. The van der Waals surface area contributed by atoms with Crippen molar-refractivity contribution < 1.29 is 5.11 Å². The van der Waals surface area contributed by atoms with Crippen LogP contribution in [0, 0.1) is 0 Å². The molecule has 2 rings (SSSR count). The molecule has 1 unspecified atom stereocenters. The Kier molecular flexibility index (Phi) is 3.34. The van der Waals surface area contributed by atoms with Crippen LogP contribution in [0.1, 0.15) is 24.8 Å². The average molecular weight is 221 g/mol. The summed E-state index contributed by atoms with van der Waals surface area (Å²) in [5, 5.41) is 10.3. The number of nitrogens with zero attached hydrogens (tertiary/aromatic N) is 1. The number of thiazole rings is 1. The van der Waals surface area contributed by atoms with Gasteiger partial charge in [0.2, 0.25) is 0 Å². The molecule has 0 aliphatic heterocycles. The highest BCUT2D eigenvalue weighted by molar-refractivity contribution is 7.18. The van der Waals surface area contributed by atoms with Gasteiger partial charge in [-0.3, -0.25) is 0 Å². The fourth-order valence-electron chi connectivity index (χ4n) is 1.58. The lowest BCUT2D eigenvalue weighted by atomic mass is 10.2. The SMILES string of the molecule is CC(O)CCCc1nc2ccccc2s1. The summed E-state index contributed by atoms with van der Waals surface area (Å²) in [4.78, 5) is 4.55. The number of hydrogen-bond acceptors (Lipinski definition) is 3. The summed E-state index contributed by atoms with van der Waals surface area (Å²) in [5.74, 6) is 0. The van der Waals surface area contributed by atoms with E-state index in [2.05, 4.69) is 11.1 Å². The van der Waals surface area contributed by atoms with Crippen LogP contribution in [0.25, 0.3) is 10.2 Å². The fraction of sp³-hybridized carbons (Fsp3) is 0.417. The van der Waals surface area contributed by atoms with Gasteiger partial charge in [-0.25, -0.2) is 4.98 Å². The molecule has 0 amide bonds. The number of aryl methyl sites for hydroxylation is 1. The van der Waals surface area contributed by atoms with E-state index in [1.54, 1.807) is 11.3 Å². The van der Waals surface area contributed by atoms with Crippen LogP contribution in [0.4, 0.5) is 0 Å². The zero-order valence-electron chi connectivity index (χ0n) is 8.81. The van der Waals surface area contributed by atoms with Gasteiger partial charge in [0.1, 0.15) is 0 Å². The lowest BCUT2D eigenvalue weighted by Gasteiger charge is -2.00. The Bertz CT molecular complexity index is 403. The molecule has 2 aromatic rings. The largest absolute Gasteiger partial charge is 0.393 e. The number of fused-ring (bicyclic) bond motifs is 1. The predicted octanol–water partition coefficient (Wildman–Crippen LogP) is 3.00. The van der Waals surface area contributed by atoms with Crippen molar-refractivity contribution in [1.29, 1.82) is 0 Å². The molecule has 1 aromatic carbocycles. The van der Waals surface area contributed by atoms with Gasteiger partial charge < -0.3 is 5.11 Å². The first kappa shape index (κ1) is 10.6. The van der Waals surface area contributed by atoms with Crippen molar-refractivity contribution in [3.8, 4) is 0 Å². The van der Waals surface area contributed by atoms with Crippen molar-refractivity contribution in [3.05, 3.63) is 29.3 Å². The van der Waals surface area contributed by atoms with E-state index in [0.29, 0.717) is 0 Å². The van der Waals surface area contributed by atoms with Crippen molar-refractivity contribution in [1.82, 2.24) is 4.98 Å². The maximum Gasteiger partial charge on any atom is 0.0938 e. The summed E-state index contributed by atoms with van der Waals surface area (Å²) in [7, 11) is 0. The Hall–Kier alpha value is -0.930. The first-order chi connectivity index (χ1) is 7.25. The van der Waals surface area contributed by atoms with Gasteiger partial charge >= 0.3 is 0 Å². The number of hydrogen-bond donors (Lipinski definition) is 1. The van der Waals surface area contributed by atoms with E-state index in [0.717, 1.165) is 24.8 Å². The third-order valence-electron chi connectivity index (χ3n) is 2.35. The number of aromatic nitrogens is 1. The second kappa shape index (κ2) is 4.73. The molecule has 1 atom stereocenters.